The van der Waals surface area contributed by atoms with Crippen LogP contribution in [0.25, 0.3) is 11.1 Å². The van der Waals surface area contributed by atoms with Crippen LogP contribution in [0.5, 0.6) is 0 Å². The van der Waals surface area contributed by atoms with Crippen molar-refractivity contribution in [1.29, 1.82) is 0 Å². The molecule has 6 nitrogen and oxygen atoms in total. The summed E-state index contributed by atoms with van der Waals surface area (Å²) in [5.41, 5.74) is 4.93. The molecule has 1 amide bonds. The molecule has 1 N–H and O–H groups in total. The number of nitrogens with zero attached hydrogens (tertiary/aromatic N) is 3. The van der Waals surface area contributed by atoms with Gasteiger partial charge in [-0.1, -0.05) is 19.1 Å². The van der Waals surface area contributed by atoms with Gasteiger partial charge in [-0.15, -0.1) is 0 Å². The summed E-state index contributed by atoms with van der Waals surface area (Å²) < 4.78 is 19.9. The third kappa shape index (κ3) is 5.32. The average molecular weight is 499 g/mol. The van der Waals surface area contributed by atoms with Crippen LogP contribution in [0.2, 0.25) is 0 Å². The Morgan fingerprint density at radius 1 is 1.03 bits per heavy atom. The van der Waals surface area contributed by atoms with E-state index in [1.165, 1.54) is 12.1 Å². The highest BCUT2D eigenvalue weighted by Crippen LogP contribution is 2.44. The lowest BCUT2D eigenvalue weighted by molar-refractivity contribution is -0.111. The minimum absolute atomic E-state index is 0.291. The Bertz CT molecular complexity index is 1360. The van der Waals surface area contributed by atoms with Gasteiger partial charge in [-0.25, -0.2) is 4.39 Å². The van der Waals surface area contributed by atoms with Crippen molar-refractivity contribution in [2.75, 3.05) is 25.0 Å². The highest BCUT2D eigenvalue weighted by atomic mass is 19.1. The number of rotatable bonds is 8. The number of benzene rings is 1. The molecule has 0 radical (unpaired) electrons. The third-order valence-electron chi connectivity index (χ3n) is 6.94. The molecule has 2 aromatic heterocycles. The summed E-state index contributed by atoms with van der Waals surface area (Å²) in [7, 11) is 0. The summed E-state index contributed by atoms with van der Waals surface area (Å²) in [5, 5.41) is 2.73. The van der Waals surface area contributed by atoms with Crippen molar-refractivity contribution in [3.63, 3.8) is 0 Å². The standard InChI is InChI=1S/C30H31FN4O2/c1-4-35(15-12-22-7-5-6-14-32-22)16-13-23-10-8-20(19-33-23)25-18-27(37-30(25,2)3)28-24-11-9-21(31)17-26(24)34-29(28)36/h5-11,14,17-19H,4,12-13,15-16H2,1-3H3,(H,34,36)/b28-27+. The second-order valence-corrected chi connectivity index (χ2v) is 9.85. The zero-order valence-corrected chi connectivity index (χ0v) is 21.4. The maximum absolute atomic E-state index is 13.6. The predicted molar refractivity (Wildman–Crippen MR) is 143 cm³/mol. The van der Waals surface area contributed by atoms with Gasteiger partial charge in [0.25, 0.3) is 5.91 Å². The van der Waals surface area contributed by atoms with Gasteiger partial charge in [0.15, 0.2) is 0 Å². The minimum atomic E-state index is -0.640. The molecule has 4 heterocycles. The lowest BCUT2D eigenvalue weighted by Gasteiger charge is -2.23. The number of carbonyl (C=O) groups excluding carboxylic acids is 1. The van der Waals surface area contributed by atoms with E-state index in [9.17, 15) is 9.18 Å². The van der Waals surface area contributed by atoms with Gasteiger partial charge >= 0.3 is 0 Å². The lowest BCUT2D eigenvalue weighted by Crippen LogP contribution is -2.28. The van der Waals surface area contributed by atoms with E-state index in [1.54, 1.807) is 6.07 Å². The second-order valence-electron chi connectivity index (χ2n) is 9.85. The number of allylic oxidation sites excluding steroid dienone is 1. The van der Waals surface area contributed by atoms with E-state index in [-0.39, 0.29) is 5.91 Å². The zero-order chi connectivity index (χ0) is 26.0. The van der Waals surface area contributed by atoms with Crippen molar-refractivity contribution >= 4 is 22.7 Å². The number of ether oxygens (including phenoxy) is 1. The third-order valence-corrected chi connectivity index (χ3v) is 6.94. The van der Waals surface area contributed by atoms with Crippen LogP contribution in [0.3, 0.4) is 0 Å². The van der Waals surface area contributed by atoms with E-state index >= 15 is 0 Å². The molecule has 190 valence electrons. The number of halogens is 1. The molecule has 1 aromatic carbocycles. The summed E-state index contributed by atoms with van der Waals surface area (Å²) in [5.74, 6) is -0.199. The largest absolute Gasteiger partial charge is 0.482 e. The number of fused-ring (bicyclic) bond motifs is 1. The molecule has 3 aromatic rings. The van der Waals surface area contributed by atoms with Crippen LogP contribution in [0.15, 0.2) is 72.8 Å². The predicted octanol–water partition coefficient (Wildman–Crippen LogP) is 5.28. The first-order valence-electron chi connectivity index (χ1n) is 12.7. The van der Waals surface area contributed by atoms with Gasteiger partial charge in [0.05, 0.1) is 11.3 Å². The summed E-state index contributed by atoms with van der Waals surface area (Å²) >= 11 is 0. The highest BCUT2D eigenvalue weighted by Gasteiger charge is 2.38. The van der Waals surface area contributed by atoms with Crippen LogP contribution in [0.1, 0.15) is 43.3 Å². The van der Waals surface area contributed by atoms with E-state index in [0.29, 0.717) is 22.6 Å². The summed E-state index contributed by atoms with van der Waals surface area (Å²) in [6, 6.07) is 14.4. The number of hydrogen-bond acceptors (Lipinski definition) is 5. The lowest BCUT2D eigenvalue weighted by atomic mass is 9.93. The molecule has 0 saturated carbocycles. The summed E-state index contributed by atoms with van der Waals surface area (Å²) in [6.45, 7) is 8.99. The van der Waals surface area contributed by atoms with E-state index in [4.69, 9.17) is 9.72 Å². The van der Waals surface area contributed by atoms with Gasteiger partial charge in [-0.05, 0) is 62.9 Å². The molecule has 2 aliphatic heterocycles. The van der Waals surface area contributed by atoms with Gasteiger partial charge in [-0.3, -0.25) is 14.8 Å². The number of likely N-dealkylation sites (N-methyl/N-ethyl adjacent to an activating group) is 1. The molecule has 0 aliphatic carbocycles. The van der Waals surface area contributed by atoms with Crippen molar-refractivity contribution in [2.45, 2.75) is 39.2 Å². The molecule has 7 heteroatoms. The molecule has 0 bridgehead atoms. The number of hydrogen-bond donors (Lipinski definition) is 1. The SMILES string of the molecule is CCN(CCc1ccccn1)CCc1ccc(C2=C/C(=C3\C(=O)Nc4cc(F)ccc43)OC2(C)C)cn1. The maximum atomic E-state index is 13.6. The van der Waals surface area contributed by atoms with Gasteiger partial charge in [-0.2, -0.15) is 0 Å². The molecule has 0 spiro atoms. The summed E-state index contributed by atoms with van der Waals surface area (Å²) in [6.07, 6.45) is 7.41. The first-order valence-corrected chi connectivity index (χ1v) is 12.7. The van der Waals surface area contributed by atoms with Crippen LogP contribution >= 0.6 is 0 Å². The fourth-order valence-electron chi connectivity index (χ4n) is 4.86. The number of nitrogens with one attached hydrogen (secondary N) is 1. The smallest absolute Gasteiger partial charge is 0.260 e. The molecule has 37 heavy (non-hydrogen) atoms. The van der Waals surface area contributed by atoms with E-state index in [1.807, 2.05) is 44.4 Å². The molecule has 0 atom stereocenters. The van der Waals surface area contributed by atoms with Crippen LogP contribution < -0.4 is 5.32 Å². The van der Waals surface area contributed by atoms with Crippen LogP contribution in [-0.4, -0.2) is 46.0 Å². The van der Waals surface area contributed by atoms with Gasteiger partial charge in [0.1, 0.15) is 17.2 Å². The quantitative estimate of drug-likeness (QED) is 0.428. The van der Waals surface area contributed by atoms with Crippen molar-refractivity contribution in [1.82, 2.24) is 14.9 Å². The Kier molecular flexibility index (Phi) is 6.89. The zero-order valence-electron chi connectivity index (χ0n) is 21.4. The van der Waals surface area contributed by atoms with E-state index < -0.39 is 11.4 Å². The van der Waals surface area contributed by atoms with E-state index in [0.717, 1.165) is 55.0 Å². The average Bonchev–Trinajstić information content (AvgIpc) is 3.38. The first kappa shape index (κ1) is 24.8. The second kappa shape index (κ2) is 10.3. The van der Waals surface area contributed by atoms with Crippen molar-refractivity contribution in [3.05, 3.63) is 101 Å². The number of anilines is 1. The molecule has 5 rings (SSSR count). The number of aromatic nitrogens is 2. The summed E-state index contributed by atoms with van der Waals surface area (Å²) in [4.78, 5) is 24.2. The van der Waals surface area contributed by atoms with Gasteiger partial charge < -0.3 is 15.0 Å². The van der Waals surface area contributed by atoms with Crippen LogP contribution in [0.4, 0.5) is 10.1 Å². The Hall–Kier alpha value is -3.84. The number of amides is 1. The topological polar surface area (TPSA) is 67.4 Å². The Labute approximate surface area is 216 Å². The first-order chi connectivity index (χ1) is 17.8. The van der Waals surface area contributed by atoms with Gasteiger partial charge in [0.2, 0.25) is 0 Å². The maximum Gasteiger partial charge on any atom is 0.260 e. The van der Waals surface area contributed by atoms with Crippen LogP contribution in [0, 0.1) is 5.82 Å². The molecule has 0 fully saturated rings. The molecule has 0 unspecified atom stereocenters. The monoisotopic (exact) mass is 498 g/mol. The molecular formula is C30H31FN4O2. The van der Waals surface area contributed by atoms with E-state index in [2.05, 4.69) is 40.3 Å². The molecule has 0 saturated heterocycles. The normalized spacial score (nSPS) is 18.0. The van der Waals surface area contributed by atoms with Crippen LogP contribution in [-0.2, 0) is 22.4 Å². The number of carbonyl (C=O) groups is 1. The minimum Gasteiger partial charge on any atom is -0.482 e. The fourth-order valence-corrected chi connectivity index (χ4v) is 4.86. The number of pyridine rings is 2. The van der Waals surface area contributed by atoms with Gasteiger partial charge in [0, 0.05) is 66.4 Å². The Morgan fingerprint density at radius 3 is 2.49 bits per heavy atom. The molecule has 2 aliphatic rings. The van der Waals surface area contributed by atoms with Crippen molar-refractivity contribution in [3.8, 4) is 0 Å². The molecular weight excluding hydrogens is 467 g/mol. The van der Waals surface area contributed by atoms with Crippen molar-refractivity contribution < 1.29 is 13.9 Å². The van der Waals surface area contributed by atoms with Crippen molar-refractivity contribution in [2.24, 2.45) is 0 Å². The Morgan fingerprint density at radius 2 is 1.81 bits per heavy atom. The highest BCUT2D eigenvalue weighted by molar-refractivity contribution is 6.32. The fraction of sp³-hybridized carbons (Fsp3) is 0.300. The Balaban J connectivity index is 1.29.